The summed E-state index contributed by atoms with van der Waals surface area (Å²) in [6.45, 7) is 4.82. The smallest absolute Gasteiger partial charge is 0.306 e. The lowest BCUT2D eigenvalue weighted by atomic mass is 9.66. The number of carboxylic acid groups (broad SMARTS) is 1. The van der Waals surface area contributed by atoms with E-state index in [1.54, 1.807) is 0 Å². The molecular weight excluding hydrogens is 306 g/mol. The minimum Gasteiger partial charge on any atom is -0.481 e. The van der Waals surface area contributed by atoms with E-state index in [0.29, 0.717) is 37.4 Å². The normalized spacial score (nSPS) is 29.3. The molecule has 1 saturated carbocycles. The molecule has 5 heteroatoms. The lowest BCUT2D eigenvalue weighted by Crippen LogP contribution is -2.56. The molecule has 3 rings (SSSR count). The third kappa shape index (κ3) is 3.46. The van der Waals surface area contributed by atoms with Crippen LogP contribution in [0.25, 0.3) is 0 Å². The minimum absolute atomic E-state index is 0.0470. The molecule has 2 N–H and O–H groups in total. The molecule has 1 aromatic carbocycles. The number of benzene rings is 1. The van der Waals surface area contributed by atoms with Gasteiger partial charge >= 0.3 is 5.97 Å². The van der Waals surface area contributed by atoms with E-state index in [-0.39, 0.29) is 23.5 Å². The molecular formula is C19H25NO4. The number of hydrogen-bond donors (Lipinski definition) is 2. The van der Waals surface area contributed by atoms with E-state index in [1.165, 1.54) is 5.56 Å². The largest absolute Gasteiger partial charge is 0.481 e. The van der Waals surface area contributed by atoms with Crippen LogP contribution in [0.2, 0.25) is 0 Å². The summed E-state index contributed by atoms with van der Waals surface area (Å²) >= 11 is 0. The molecule has 130 valence electrons. The molecule has 1 atom stereocenters. The molecule has 1 spiro atoms. The monoisotopic (exact) mass is 331 g/mol. The van der Waals surface area contributed by atoms with Crippen molar-refractivity contribution >= 4 is 11.9 Å². The van der Waals surface area contributed by atoms with E-state index in [4.69, 9.17) is 9.84 Å². The number of ether oxygens (including phenoxy) is 1. The summed E-state index contributed by atoms with van der Waals surface area (Å²) in [6, 6.07) is 7.77. The predicted molar refractivity (Wildman–Crippen MR) is 90.1 cm³/mol. The standard InChI is InChI=1S/C19H25NO4/c1-12(2)13-3-5-14(6-4-13)17(21)20-16-7-8-24-19(11-16)9-15(10-19)18(22)23/h3-6,12,15-16H,7-11H2,1-2H3,(H,20,21)(H,22,23). The fourth-order valence-corrected chi connectivity index (χ4v) is 3.74. The maximum atomic E-state index is 12.4. The molecule has 1 unspecified atom stereocenters. The van der Waals surface area contributed by atoms with Gasteiger partial charge in [0.1, 0.15) is 0 Å². The van der Waals surface area contributed by atoms with E-state index in [0.717, 1.165) is 6.42 Å². The van der Waals surface area contributed by atoms with E-state index < -0.39 is 5.97 Å². The van der Waals surface area contributed by atoms with E-state index in [1.807, 2.05) is 24.3 Å². The van der Waals surface area contributed by atoms with E-state index in [9.17, 15) is 9.59 Å². The summed E-state index contributed by atoms with van der Waals surface area (Å²) in [7, 11) is 0. The molecule has 1 saturated heterocycles. The summed E-state index contributed by atoms with van der Waals surface area (Å²) in [5.41, 5.74) is 1.53. The Kier molecular flexibility index (Phi) is 4.63. The summed E-state index contributed by atoms with van der Waals surface area (Å²) in [6.07, 6.45) is 2.58. The molecule has 2 aliphatic rings. The molecule has 2 fully saturated rings. The van der Waals surface area contributed by atoms with Gasteiger partial charge in [-0.25, -0.2) is 0 Å². The molecule has 0 radical (unpaired) electrons. The number of aliphatic carboxylic acids is 1. The zero-order chi connectivity index (χ0) is 17.3. The Morgan fingerprint density at radius 2 is 1.88 bits per heavy atom. The van der Waals surface area contributed by atoms with Gasteiger partial charge in [0, 0.05) is 18.2 Å². The summed E-state index contributed by atoms with van der Waals surface area (Å²) in [4.78, 5) is 23.4. The highest BCUT2D eigenvalue weighted by Gasteiger charge is 2.51. The highest BCUT2D eigenvalue weighted by molar-refractivity contribution is 5.94. The summed E-state index contributed by atoms with van der Waals surface area (Å²) in [5.74, 6) is -0.677. The molecule has 5 nitrogen and oxygen atoms in total. The molecule has 1 aliphatic heterocycles. The quantitative estimate of drug-likeness (QED) is 0.889. The molecule has 24 heavy (non-hydrogen) atoms. The van der Waals surface area contributed by atoms with Crippen LogP contribution in [-0.2, 0) is 9.53 Å². The van der Waals surface area contributed by atoms with Gasteiger partial charge in [-0.15, -0.1) is 0 Å². The van der Waals surface area contributed by atoms with Crippen LogP contribution in [0.4, 0.5) is 0 Å². The van der Waals surface area contributed by atoms with Gasteiger partial charge in [0.05, 0.1) is 11.5 Å². The van der Waals surface area contributed by atoms with Crippen molar-refractivity contribution < 1.29 is 19.4 Å². The van der Waals surface area contributed by atoms with Crippen LogP contribution in [0.3, 0.4) is 0 Å². The van der Waals surface area contributed by atoms with Gasteiger partial charge < -0.3 is 15.2 Å². The third-order valence-corrected chi connectivity index (χ3v) is 5.25. The zero-order valence-corrected chi connectivity index (χ0v) is 14.2. The Labute approximate surface area is 142 Å². The Morgan fingerprint density at radius 1 is 1.21 bits per heavy atom. The molecule has 0 bridgehead atoms. The second-order valence-corrected chi connectivity index (χ2v) is 7.41. The van der Waals surface area contributed by atoms with Gasteiger partial charge in [-0.05, 0) is 49.3 Å². The molecule has 1 heterocycles. The van der Waals surface area contributed by atoms with E-state index >= 15 is 0 Å². The van der Waals surface area contributed by atoms with Crippen LogP contribution in [0, 0.1) is 5.92 Å². The molecule has 0 aromatic heterocycles. The lowest BCUT2D eigenvalue weighted by molar-refractivity contribution is -0.181. The highest BCUT2D eigenvalue weighted by atomic mass is 16.5. The van der Waals surface area contributed by atoms with Crippen LogP contribution >= 0.6 is 0 Å². The second kappa shape index (κ2) is 6.55. The number of carbonyl (C=O) groups excluding carboxylic acids is 1. The highest BCUT2D eigenvalue weighted by Crippen LogP contribution is 2.46. The van der Waals surface area contributed by atoms with Gasteiger partial charge in [0.2, 0.25) is 0 Å². The Morgan fingerprint density at radius 3 is 2.46 bits per heavy atom. The second-order valence-electron chi connectivity index (χ2n) is 7.41. The maximum Gasteiger partial charge on any atom is 0.306 e. The Balaban J connectivity index is 1.57. The van der Waals surface area contributed by atoms with Crippen LogP contribution in [0.1, 0.15) is 61.4 Å². The zero-order valence-electron chi connectivity index (χ0n) is 14.2. The van der Waals surface area contributed by atoms with Crippen LogP contribution < -0.4 is 5.32 Å². The fraction of sp³-hybridized carbons (Fsp3) is 0.579. The van der Waals surface area contributed by atoms with Crippen molar-refractivity contribution in [1.82, 2.24) is 5.32 Å². The lowest BCUT2D eigenvalue weighted by Gasteiger charge is -2.50. The van der Waals surface area contributed by atoms with Crippen molar-refractivity contribution in [3.05, 3.63) is 35.4 Å². The first kappa shape index (κ1) is 17.0. The van der Waals surface area contributed by atoms with Crippen molar-refractivity contribution in [2.75, 3.05) is 6.61 Å². The Hall–Kier alpha value is -1.88. The van der Waals surface area contributed by atoms with Gasteiger partial charge in [-0.3, -0.25) is 9.59 Å². The third-order valence-electron chi connectivity index (χ3n) is 5.25. The van der Waals surface area contributed by atoms with Crippen molar-refractivity contribution in [3.8, 4) is 0 Å². The maximum absolute atomic E-state index is 12.4. The first-order valence-corrected chi connectivity index (χ1v) is 8.66. The summed E-state index contributed by atoms with van der Waals surface area (Å²) in [5, 5.41) is 12.1. The van der Waals surface area contributed by atoms with Gasteiger partial charge in [0.25, 0.3) is 5.91 Å². The van der Waals surface area contributed by atoms with Gasteiger partial charge in [-0.1, -0.05) is 26.0 Å². The first-order valence-electron chi connectivity index (χ1n) is 8.66. The number of rotatable bonds is 4. The average Bonchev–Trinajstić information content (AvgIpc) is 2.52. The Bertz CT molecular complexity index is 617. The van der Waals surface area contributed by atoms with E-state index in [2.05, 4.69) is 19.2 Å². The average molecular weight is 331 g/mol. The SMILES string of the molecule is CC(C)c1ccc(C(=O)NC2CCOC3(C2)CC(C(=O)O)C3)cc1. The van der Waals surface area contributed by atoms with Crippen LogP contribution in [-0.4, -0.2) is 35.2 Å². The molecule has 1 aliphatic carbocycles. The van der Waals surface area contributed by atoms with Crippen LogP contribution in [0.15, 0.2) is 24.3 Å². The number of carbonyl (C=O) groups is 2. The number of carboxylic acids is 1. The van der Waals surface area contributed by atoms with Crippen molar-refractivity contribution in [1.29, 1.82) is 0 Å². The summed E-state index contributed by atoms with van der Waals surface area (Å²) < 4.78 is 5.83. The fourth-order valence-electron chi connectivity index (χ4n) is 3.74. The van der Waals surface area contributed by atoms with Crippen molar-refractivity contribution in [3.63, 3.8) is 0 Å². The van der Waals surface area contributed by atoms with Crippen LogP contribution in [0.5, 0.6) is 0 Å². The topological polar surface area (TPSA) is 75.6 Å². The van der Waals surface area contributed by atoms with Gasteiger partial charge in [-0.2, -0.15) is 0 Å². The first-order chi connectivity index (χ1) is 11.4. The number of amides is 1. The number of nitrogens with one attached hydrogen (secondary N) is 1. The number of hydrogen-bond acceptors (Lipinski definition) is 3. The minimum atomic E-state index is -0.749. The van der Waals surface area contributed by atoms with Gasteiger partial charge in [0.15, 0.2) is 0 Å². The predicted octanol–water partition coefficient (Wildman–Crippen LogP) is 2.95. The van der Waals surface area contributed by atoms with Crippen molar-refractivity contribution in [2.24, 2.45) is 5.92 Å². The molecule has 1 amide bonds. The molecule has 1 aromatic rings. The van der Waals surface area contributed by atoms with Crippen molar-refractivity contribution in [2.45, 2.75) is 57.1 Å².